The lowest BCUT2D eigenvalue weighted by atomic mass is 10.1. The summed E-state index contributed by atoms with van der Waals surface area (Å²) in [6.07, 6.45) is 1.16. The monoisotopic (exact) mass is 195 g/mol. The van der Waals surface area contributed by atoms with Crippen LogP contribution in [0.4, 0.5) is 0 Å². The van der Waals surface area contributed by atoms with Crippen LogP contribution in [-0.2, 0) is 0 Å². The van der Waals surface area contributed by atoms with Crippen LogP contribution in [0, 0.1) is 5.41 Å². The van der Waals surface area contributed by atoms with Crippen molar-refractivity contribution < 1.29 is 4.42 Å². The molecule has 1 aliphatic rings. The molecule has 1 N–H and O–H groups in total. The molecule has 4 heteroatoms. The first-order chi connectivity index (χ1) is 6.54. The molecule has 0 radical (unpaired) electrons. The molecule has 1 aromatic heterocycles. The van der Waals surface area contributed by atoms with Crippen molar-refractivity contribution in [3.05, 3.63) is 11.8 Å². The zero-order valence-corrected chi connectivity index (χ0v) is 9.16. The number of hydrogen-bond acceptors (Lipinski definition) is 4. The molecule has 78 valence electrons. The summed E-state index contributed by atoms with van der Waals surface area (Å²) in [6.45, 7) is 6.46. The van der Waals surface area contributed by atoms with E-state index in [0.717, 1.165) is 12.3 Å². The Balaban J connectivity index is 2.11. The molecule has 0 spiro atoms. The molecule has 1 heterocycles. The highest BCUT2D eigenvalue weighted by Gasteiger charge is 2.50. The normalized spacial score (nSPS) is 26.1. The van der Waals surface area contributed by atoms with Crippen molar-refractivity contribution in [2.75, 3.05) is 7.05 Å². The van der Waals surface area contributed by atoms with Crippen LogP contribution in [0.3, 0.4) is 0 Å². The lowest BCUT2D eigenvalue weighted by Crippen LogP contribution is -2.12. The minimum Gasteiger partial charge on any atom is -0.423 e. The molecule has 0 aromatic carbocycles. The van der Waals surface area contributed by atoms with Crippen LogP contribution in [0.1, 0.15) is 50.9 Å². The fourth-order valence-corrected chi connectivity index (χ4v) is 1.57. The van der Waals surface area contributed by atoms with Gasteiger partial charge < -0.3 is 9.73 Å². The van der Waals surface area contributed by atoms with E-state index >= 15 is 0 Å². The van der Waals surface area contributed by atoms with E-state index in [0.29, 0.717) is 17.2 Å². The van der Waals surface area contributed by atoms with E-state index in [1.807, 2.05) is 14.0 Å². The van der Waals surface area contributed by atoms with Crippen LogP contribution in [0.5, 0.6) is 0 Å². The molecule has 0 amide bonds. The standard InChI is InChI=1S/C10H17N3O/c1-6(11-4)8-12-13-9(14-8)7-5-10(7,2)3/h6-7,11H,5H2,1-4H3. The van der Waals surface area contributed by atoms with Crippen molar-refractivity contribution in [2.45, 2.75) is 39.2 Å². The number of nitrogens with one attached hydrogen (secondary N) is 1. The van der Waals surface area contributed by atoms with Gasteiger partial charge in [0.1, 0.15) is 0 Å². The van der Waals surface area contributed by atoms with Gasteiger partial charge in [-0.2, -0.15) is 0 Å². The Morgan fingerprint density at radius 1 is 1.50 bits per heavy atom. The van der Waals surface area contributed by atoms with Gasteiger partial charge in [-0.05, 0) is 25.8 Å². The summed E-state index contributed by atoms with van der Waals surface area (Å²) in [5, 5.41) is 11.2. The average Bonchev–Trinajstić information content (AvgIpc) is 2.64. The van der Waals surface area contributed by atoms with Gasteiger partial charge in [-0.1, -0.05) is 13.8 Å². The van der Waals surface area contributed by atoms with Crippen molar-refractivity contribution in [3.8, 4) is 0 Å². The third kappa shape index (κ3) is 1.54. The minimum atomic E-state index is 0.137. The minimum absolute atomic E-state index is 0.137. The van der Waals surface area contributed by atoms with Gasteiger partial charge >= 0.3 is 0 Å². The lowest BCUT2D eigenvalue weighted by Gasteiger charge is -2.02. The first-order valence-corrected chi connectivity index (χ1v) is 5.05. The van der Waals surface area contributed by atoms with Crippen molar-refractivity contribution in [2.24, 2.45) is 5.41 Å². The second kappa shape index (κ2) is 3.05. The van der Waals surface area contributed by atoms with Gasteiger partial charge in [0.05, 0.1) is 6.04 Å². The number of aromatic nitrogens is 2. The maximum absolute atomic E-state index is 5.61. The van der Waals surface area contributed by atoms with Crippen LogP contribution in [0.15, 0.2) is 4.42 Å². The second-order valence-electron chi connectivity index (χ2n) is 4.73. The van der Waals surface area contributed by atoms with E-state index < -0.39 is 0 Å². The third-order valence-corrected chi connectivity index (χ3v) is 3.07. The number of hydrogen-bond donors (Lipinski definition) is 1. The lowest BCUT2D eigenvalue weighted by molar-refractivity contribution is 0.395. The summed E-state index contributed by atoms with van der Waals surface area (Å²) in [5.74, 6) is 1.95. The Hall–Kier alpha value is -0.900. The molecule has 14 heavy (non-hydrogen) atoms. The Bertz CT molecular complexity index is 332. The highest BCUT2D eigenvalue weighted by molar-refractivity contribution is 5.12. The van der Waals surface area contributed by atoms with Crippen LogP contribution >= 0.6 is 0 Å². The van der Waals surface area contributed by atoms with Gasteiger partial charge in [0.25, 0.3) is 0 Å². The summed E-state index contributed by atoms with van der Waals surface area (Å²) in [6, 6.07) is 0.137. The van der Waals surface area contributed by atoms with Crippen LogP contribution in [-0.4, -0.2) is 17.2 Å². The molecule has 1 aromatic rings. The van der Waals surface area contributed by atoms with Crippen LogP contribution in [0.2, 0.25) is 0 Å². The van der Waals surface area contributed by atoms with Gasteiger partial charge in [0.2, 0.25) is 11.8 Å². The molecule has 2 unspecified atom stereocenters. The Morgan fingerprint density at radius 3 is 2.64 bits per heavy atom. The summed E-state index contributed by atoms with van der Waals surface area (Å²) in [4.78, 5) is 0. The van der Waals surface area contributed by atoms with Gasteiger partial charge in [0.15, 0.2) is 0 Å². The molecule has 1 saturated carbocycles. The molecule has 0 bridgehead atoms. The first-order valence-electron chi connectivity index (χ1n) is 5.05. The highest BCUT2D eigenvalue weighted by Crippen LogP contribution is 2.58. The fraction of sp³-hybridized carbons (Fsp3) is 0.800. The maximum atomic E-state index is 5.61. The fourth-order valence-electron chi connectivity index (χ4n) is 1.57. The van der Waals surface area contributed by atoms with Crippen molar-refractivity contribution >= 4 is 0 Å². The molecule has 1 fully saturated rings. The molecule has 1 aliphatic carbocycles. The molecule has 0 saturated heterocycles. The van der Waals surface area contributed by atoms with E-state index in [-0.39, 0.29) is 6.04 Å². The third-order valence-electron chi connectivity index (χ3n) is 3.07. The largest absolute Gasteiger partial charge is 0.423 e. The highest BCUT2D eigenvalue weighted by atomic mass is 16.4. The zero-order chi connectivity index (χ0) is 10.3. The second-order valence-corrected chi connectivity index (χ2v) is 4.73. The predicted molar refractivity (Wildman–Crippen MR) is 52.9 cm³/mol. The average molecular weight is 195 g/mol. The van der Waals surface area contributed by atoms with Gasteiger partial charge in [-0.15, -0.1) is 10.2 Å². The quantitative estimate of drug-likeness (QED) is 0.799. The smallest absolute Gasteiger partial charge is 0.233 e. The molecular formula is C10H17N3O. The van der Waals surface area contributed by atoms with Gasteiger partial charge in [0, 0.05) is 5.92 Å². The Morgan fingerprint density at radius 2 is 2.14 bits per heavy atom. The number of rotatable bonds is 3. The van der Waals surface area contributed by atoms with E-state index in [1.54, 1.807) is 0 Å². The molecule has 0 aliphatic heterocycles. The predicted octanol–water partition coefficient (Wildman–Crippen LogP) is 1.86. The Kier molecular flexibility index (Phi) is 2.10. The molecular weight excluding hydrogens is 178 g/mol. The Labute approximate surface area is 84.1 Å². The molecule has 2 atom stereocenters. The summed E-state index contributed by atoms with van der Waals surface area (Å²) >= 11 is 0. The zero-order valence-electron chi connectivity index (χ0n) is 9.16. The summed E-state index contributed by atoms with van der Waals surface area (Å²) in [7, 11) is 1.88. The maximum Gasteiger partial charge on any atom is 0.233 e. The molecule has 2 rings (SSSR count). The van der Waals surface area contributed by atoms with Crippen molar-refractivity contribution in [3.63, 3.8) is 0 Å². The van der Waals surface area contributed by atoms with E-state index in [4.69, 9.17) is 4.42 Å². The van der Waals surface area contributed by atoms with Crippen molar-refractivity contribution in [1.29, 1.82) is 0 Å². The van der Waals surface area contributed by atoms with E-state index in [1.165, 1.54) is 0 Å². The summed E-state index contributed by atoms with van der Waals surface area (Å²) in [5.41, 5.74) is 0.354. The first kappa shape index (κ1) is 9.65. The summed E-state index contributed by atoms with van der Waals surface area (Å²) < 4.78 is 5.61. The van der Waals surface area contributed by atoms with E-state index in [2.05, 4.69) is 29.4 Å². The van der Waals surface area contributed by atoms with E-state index in [9.17, 15) is 0 Å². The number of nitrogens with zero attached hydrogens (tertiary/aromatic N) is 2. The van der Waals surface area contributed by atoms with Crippen molar-refractivity contribution in [1.82, 2.24) is 15.5 Å². The molecule has 4 nitrogen and oxygen atoms in total. The van der Waals surface area contributed by atoms with Gasteiger partial charge in [-0.3, -0.25) is 0 Å². The van der Waals surface area contributed by atoms with Gasteiger partial charge in [-0.25, -0.2) is 0 Å². The topological polar surface area (TPSA) is 51.0 Å². The van der Waals surface area contributed by atoms with Crippen LogP contribution in [0.25, 0.3) is 0 Å². The SMILES string of the molecule is CNC(C)c1nnc(C2CC2(C)C)o1. The van der Waals surface area contributed by atoms with Crippen LogP contribution < -0.4 is 5.32 Å².